The van der Waals surface area contributed by atoms with Gasteiger partial charge in [0.25, 0.3) is 0 Å². The van der Waals surface area contributed by atoms with E-state index in [4.69, 9.17) is 5.11 Å². The third kappa shape index (κ3) is 1.97. The maximum atomic E-state index is 9.09. The Kier molecular flexibility index (Phi) is 2.75. The Labute approximate surface area is 81.2 Å². The molecule has 0 aromatic carbocycles. The molecule has 0 spiro atoms. The molecule has 1 aliphatic carbocycles. The molecule has 1 aromatic rings. The van der Waals surface area contributed by atoms with Gasteiger partial charge in [-0.2, -0.15) is 4.37 Å². The largest absolute Gasteiger partial charge is 0.396 e. The van der Waals surface area contributed by atoms with Crippen LogP contribution in [0.3, 0.4) is 0 Å². The van der Waals surface area contributed by atoms with Gasteiger partial charge < -0.3 is 10.4 Å². The van der Waals surface area contributed by atoms with Crippen LogP contribution in [0.2, 0.25) is 0 Å². The average Bonchev–Trinajstić information content (AvgIpc) is 2.76. The van der Waals surface area contributed by atoms with Gasteiger partial charge in [-0.3, -0.25) is 0 Å². The summed E-state index contributed by atoms with van der Waals surface area (Å²) in [4.78, 5) is 4.06. The monoisotopic (exact) mass is 199 g/mol. The minimum absolute atomic E-state index is 0.274. The van der Waals surface area contributed by atoms with Gasteiger partial charge >= 0.3 is 0 Å². The van der Waals surface area contributed by atoms with E-state index in [9.17, 15) is 0 Å². The molecule has 2 rings (SSSR count). The van der Waals surface area contributed by atoms with Crippen molar-refractivity contribution in [2.24, 2.45) is 5.92 Å². The Morgan fingerprint density at radius 1 is 1.62 bits per heavy atom. The van der Waals surface area contributed by atoms with E-state index >= 15 is 0 Å². The molecule has 1 aromatic heterocycles. The summed E-state index contributed by atoms with van der Waals surface area (Å²) in [6, 6.07) is 0.387. The van der Waals surface area contributed by atoms with Crippen molar-refractivity contribution in [3.05, 3.63) is 6.33 Å². The molecule has 4 nitrogen and oxygen atoms in total. The van der Waals surface area contributed by atoms with Gasteiger partial charge in [-0.15, -0.1) is 0 Å². The molecule has 1 saturated carbocycles. The molecule has 2 atom stereocenters. The number of aliphatic hydroxyl groups excluding tert-OH is 1. The number of aliphatic hydroxyl groups is 1. The Bertz CT molecular complexity index is 252. The Morgan fingerprint density at radius 2 is 2.54 bits per heavy atom. The zero-order valence-electron chi connectivity index (χ0n) is 7.31. The van der Waals surface area contributed by atoms with Crippen molar-refractivity contribution in [2.75, 3.05) is 11.9 Å². The molecule has 0 aliphatic heterocycles. The van der Waals surface area contributed by atoms with E-state index in [1.54, 1.807) is 6.33 Å². The van der Waals surface area contributed by atoms with E-state index in [1.165, 1.54) is 18.0 Å². The smallest absolute Gasteiger partial charge is 0.202 e. The maximum Gasteiger partial charge on any atom is 0.202 e. The number of nitrogens with zero attached hydrogens (tertiary/aromatic N) is 2. The van der Waals surface area contributed by atoms with Crippen molar-refractivity contribution in [1.82, 2.24) is 9.36 Å². The number of aromatic nitrogens is 2. The van der Waals surface area contributed by atoms with E-state index in [0.717, 1.165) is 18.0 Å². The summed E-state index contributed by atoms with van der Waals surface area (Å²) in [6.07, 6.45) is 5.00. The van der Waals surface area contributed by atoms with Gasteiger partial charge in [0.1, 0.15) is 6.33 Å². The highest BCUT2D eigenvalue weighted by Gasteiger charge is 2.26. The third-order valence-corrected chi connectivity index (χ3v) is 3.16. The van der Waals surface area contributed by atoms with Gasteiger partial charge in [-0.1, -0.05) is 6.42 Å². The highest BCUT2D eigenvalue weighted by Crippen LogP contribution is 2.28. The van der Waals surface area contributed by atoms with Crippen LogP contribution in [0.5, 0.6) is 0 Å². The van der Waals surface area contributed by atoms with E-state index in [0.29, 0.717) is 12.0 Å². The highest BCUT2D eigenvalue weighted by atomic mass is 32.1. The van der Waals surface area contributed by atoms with Crippen LogP contribution in [0.25, 0.3) is 0 Å². The quantitative estimate of drug-likeness (QED) is 0.765. The second-order valence-electron chi connectivity index (χ2n) is 3.37. The molecular formula is C8H13N3OS. The molecule has 1 heterocycles. The topological polar surface area (TPSA) is 58.0 Å². The second-order valence-corrected chi connectivity index (χ2v) is 4.15. The molecule has 0 bridgehead atoms. The van der Waals surface area contributed by atoms with Gasteiger partial charge in [-0.25, -0.2) is 4.98 Å². The van der Waals surface area contributed by atoms with Crippen molar-refractivity contribution in [3.63, 3.8) is 0 Å². The number of rotatable bonds is 3. The SMILES string of the molecule is OCC1CCCC1Nc1ncns1. The number of nitrogens with one attached hydrogen (secondary N) is 1. The summed E-state index contributed by atoms with van der Waals surface area (Å²) in [6.45, 7) is 0.274. The summed E-state index contributed by atoms with van der Waals surface area (Å²) >= 11 is 1.37. The van der Waals surface area contributed by atoms with E-state index in [1.807, 2.05) is 0 Å². The molecule has 2 unspecified atom stereocenters. The lowest BCUT2D eigenvalue weighted by Gasteiger charge is -2.17. The predicted molar refractivity (Wildman–Crippen MR) is 51.7 cm³/mol. The zero-order valence-corrected chi connectivity index (χ0v) is 8.13. The fraction of sp³-hybridized carbons (Fsp3) is 0.750. The fourth-order valence-corrected chi connectivity index (χ4v) is 2.33. The van der Waals surface area contributed by atoms with Crippen LogP contribution in [0.1, 0.15) is 19.3 Å². The molecule has 2 N–H and O–H groups in total. The normalized spacial score (nSPS) is 27.8. The first kappa shape index (κ1) is 8.90. The maximum absolute atomic E-state index is 9.09. The fourth-order valence-electron chi connectivity index (χ4n) is 1.84. The van der Waals surface area contributed by atoms with Crippen LogP contribution in [0.15, 0.2) is 6.33 Å². The second kappa shape index (κ2) is 4.02. The molecule has 1 aliphatic rings. The van der Waals surface area contributed by atoms with E-state index < -0.39 is 0 Å². The van der Waals surface area contributed by atoms with Crippen molar-refractivity contribution < 1.29 is 5.11 Å². The Morgan fingerprint density at radius 3 is 3.23 bits per heavy atom. The molecule has 0 amide bonds. The lowest BCUT2D eigenvalue weighted by molar-refractivity contribution is 0.222. The van der Waals surface area contributed by atoms with Gasteiger partial charge in [0.05, 0.1) is 0 Å². The lowest BCUT2D eigenvalue weighted by Crippen LogP contribution is -2.26. The van der Waals surface area contributed by atoms with Crippen molar-refractivity contribution in [3.8, 4) is 0 Å². The molecule has 0 saturated heterocycles. The summed E-state index contributed by atoms with van der Waals surface area (Å²) in [7, 11) is 0. The van der Waals surface area contributed by atoms with Crippen LogP contribution < -0.4 is 5.32 Å². The van der Waals surface area contributed by atoms with Gasteiger partial charge in [0, 0.05) is 30.1 Å². The molecule has 1 fully saturated rings. The van der Waals surface area contributed by atoms with Gasteiger partial charge in [0.2, 0.25) is 5.13 Å². The first-order valence-electron chi connectivity index (χ1n) is 4.54. The van der Waals surface area contributed by atoms with Crippen molar-refractivity contribution >= 4 is 16.7 Å². The van der Waals surface area contributed by atoms with Gasteiger partial charge in [-0.05, 0) is 12.8 Å². The van der Waals surface area contributed by atoms with Gasteiger partial charge in [0.15, 0.2) is 0 Å². The highest BCUT2D eigenvalue weighted by molar-refractivity contribution is 7.09. The third-order valence-electron chi connectivity index (χ3n) is 2.56. The average molecular weight is 199 g/mol. The van der Waals surface area contributed by atoms with Crippen molar-refractivity contribution in [1.29, 1.82) is 0 Å². The molecular weight excluding hydrogens is 186 g/mol. The minimum atomic E-state index is 0.274. The summed E-state index contributed by atoms with van der Waals surface area (Å²) in [5, 5.41) is 13.3. The summed E-state index contributed by atoms with van der Waals surface area (Å²) in [5.41, 5.74) is 0. The first-order chi connectivity index (χ1) is 6.40. The molecule has 13 heavy (non-hydrogen) atoms. The van der Waals surface area contributed by atoms with E-state index in [-0.39, 0.29) is 6.61 Å². The van der Waals surface area contributed by atoms with E-state index in [2.05, 4.69) is 14.7 Å². The van der Waals surface area contributed by atoms with Crippen LogP contribution in [0.4, 0.5) is 5.13 Å². The van der Waals surface area contributed by atoms with Crippen LogP contribution in [-0.4, -0.2) is 27.1 Å². The molecule has 0 radical (unpaired) electrons. The molecule has 5 heteroatoms. The van der Waals surface area contributed by atoms with Crippen LogP contribution >= 0.6 is 11.5 Å². The number of hydrogen-bond acceptors (Lipinski definition) is 5. The van der Waals surface area contributed by atoms with Crippen molar-refractivity contribution in [2.45, 2.75) is 25.3 Å². The Balaban J connectivity index is 1.94. The first-order valence-corrected chi connectivity index (χ1v) is 5.31. The summed E-state index contributed by atoms with van der Waals surface area (Å²) < 4.78 is 3.92. The lowest BCUT2D eigenvalue weighted by atomic mass is 10.1. The van der Waals surface area contributed by atoms with Crippen LogP contribution in [-0.2, 0) is 0 Å². The molecule has 72 valence electrons. The summed E-state index contributed by atoms with van der Waals surface area (Å²) in [5.74, 6) is 0.392. The number of anilines is 1. The van der Waals surface area contributed by atoms with Crippen LogP contribution in [0, 0.1) is 5.92 Å². The Hall–Kier alpha value is -0.680. The minimum Gasteiger partial charge on any atom is -0.396 e. The standard InChI is InChI=1S/C8H13N3OS/c12-4-6-2-1-3-7(6)11-8-9-5-10-13-8/h5-7,12H,1-4H2,(H,9,10,11). The predicted octanol–water partition coefficient (Wildman–Crippen LogP) is 1.11. The number of hydrogen-bond donors (Lipinski definition) is 2. The zero-order chi connectivity index (χ0) is 9.10.